The van der Waals surface area contributed by atoms with Gasteiger partial charge in [-0.3, -0.25) is 0 Å². The zero-order valence-corrected chi connectivity index (χ0v) is 12.5. The summed E-state index contributed by atoms with van der Waals surface area (Å²) in [5, 5.41) is 9.60. The van der Waals surface area contributed by atoms with E-state index in [1.165, 1.54) is 0 Å². The van der Waals surface area contributed by atoms with Gasteiger partial charge in [-0.25, -0.2) is 9.78 Å². The van der Waals surface area contributed by atoms with Crippen LogP contribution in [0.15, 0.2) is 36.4 Å². The van der Waals surface area contributed by atoms with Gasteiger partial charge in [-0.15, -0.1) is 0 Å². The van der Waals surface area contributed by atoms with E-state index in [0.29, 0.717) is 10.3 Å². The van der Waals surface area contributed by atoms with Gasteiger partial charge in [0, 0.05) is 5.41 Å². The second-order valence-electron chi connectivity index (χ2n) is 5.01. The van der Waals surface area contributed by atoms with Gasteiger partial charge >= 0.3 is 5.97 Å². The number of hydrogen-bond donors (Lipinski definition) is 1. The highest BCUT2D eigenvalue weighted by molar-refractivity contribution is 6.32. The third-order valence-electron chi connectivity index (χ3n) is 3.34. The predicted octanol–water partition coefficient (Wildman–Crippen LogP) is 4.41. The fourth-order valence-electron chi connectivity index (χ4n) is 2.02. The summed E-state index contributed by atoms with van der Waals surface area (Å²) in [6.07, 6.45) is 0. The second-order valence-corrected chi connectivity index (χ2v) is 5.78. The maximum absolute atomic E-state index is 10.9. The van der Waals surface area contributed by atoms with E-state index in [9.17, 15) is 4.79 Å². The number of carboxylic acids is 1. The SMILES string of the molecule is CC(C)(c1ccc(C(=O)O)cc1)c1cc(Cl)nc(Cl)c1. The number of carbonyl (C=O) groups is 1. The fourth-order valence-corrected chi connectivity index (χ4v) is 2.48. The molecular formula is C15H13Cl2NO2. The molecule has 0 bridgehead atoms. The Hall–Kier alpha value is -1.58. The minimum absolute atomic E-state index is 0.260. The summed E-state index contributed by atoms with van der Waals surface area (Å²) in [4.78, 5) is 14.8. The summed E-state index contributed by atoms with van der Waals surface area (Å²) >= 11 is 11.9. The van der Waals surface area contributed by atoms with Crippen LogP contribution in [0, 0.1) is 0 Å². The molecule has 0 atom stereocenters. The standard InChI is InChI=1S/C15H13Cl2NO2/c1-15(2,11-7-12(16)18-13(17)8-11)10-5-3-9(4-6-10)14(19)20/h3-8H,1-2H3,(H,19,20). The van der Waals surface area contributed by atoms with Crippen LogP contribution in [0.5, 0.6) is 0 Å². The van der Waals surface area contributed by atoms with Crippen molar-refractivity contribution in [3.05, 3.63) is 63.4 Å². The molecule has 0 radical (unpaired) electrons. The molecule has 1 aromatic carbocycles. The molecule has 20 heavy (non-hydrogen) atoms. The number of halogens is 2. The van der Waals surface area contributed by atoms with Gasteiger partial charge in [0.2, 0.25) is 0 Å². The minimum atomic E-state index is -0.940. The van der Waals surface area contributed by atoms with Gasteiger partial charge in [0.05, 0.1) is 5.56 Å². The van der Waals surface area contributed by atoms with E-state index in [0.717, 1.165) is 11.1 Å². The number of rotatable bonds is 3. The highest BCUT2D eigenvalue weighted by Crippen LogP contribution is 2.33. The summed E-state index contributed by atoms with van der Waals surface area (Å²) in [7, 11) is 0. The van der Waals surface area contributed by atoms with Crippen LogP contribution in [-0.4, -0.2) is 16.1 Å². The average Bonchev–Trinajstić information content (AvgIpc) is 2.37. The maximum atomic E-state index is 10.9. The first kappa shape index (κ1) is 14.8. The van der Waals surface area contributed by atoms with Crippen LogP contribution in [0.25, 0.3) is 0 Å². The van der Waals surface area contributed by atoms with Crippen molar-refractivity contribution in [2.24, 2.45) is 0 Å². The van der Waals surface area contributed by atoms with Crippen LogP contribution in [0.4, 0.5) is 0 Å². The topological polar surface area (TPSA) is 50.2 Å². The molecule has 1 aromatic heterocycles. The summed E-state index contributed by atoms with van der Waals surface area (Å²) in [5.41, 5.74) is 1.80. The quantitative estimate of drug-likeness (QED) is 0.854. The molecule has 0 saturated heterocycles. The molecule has 1 N–H and O–H groups in total. The van der Waals surface area contributed by atoms with Gasteiger partial charge < -0.3 is 5.11 Å². The van der Waals surface area contributed by atoms with E-state index in [-0.39, 0.29) is 11.0 Å². The zero-order valence-electron chi connectivity index (χ0n) is 11.0. The molecule has 2 aromatic rings. The van der Waals surface area contributed by atoms with Crippen molar-refractivity contribution in [3.8, 4) is 0 Å². The largest absolute Gasteiger partial charge is 0.478 e. The lowest BCUT2D eigenvalue weighted by Crippen LogP contribution is -2.19. The Balaban J connectivity index is 2.45. The third kappa shape index (κ3) is 2.94. The van der Waals surface area contributed by atoms with E-state index in [4.69, 9.17) is 28.3 Å². The van der Waals surface area contributed by atoms with Gasteiger partial charge in [-0.2, -0.15) is 0 Å². The van der Waals surface area contributed by atoms with E-state index in [1.807, 2.05) is 13.8 Å². The van der Waals surface area contributed by atoms with Crippen molar-refractivity contribution in [2.75, 3.05) is 0 Å². The number of aromatic carboxylic acids is 1. The molecule has 0 unspecified atom stereocenters. The van der Waals surface area contributed by atoms with Gasteiger partial charge in [0.25, 0.3) is 0 Å². The first-order valence-electron chi connectivity index (χ1n) is 5.98. The molecule has 5 heteroatoms. The van der Waals surface area contributed by atoms with Gasteiger partial charge in [0.15, 0.2) is 0 Å². The molecule has 0 fully saturated rings. The highest BCUT2D eigenvalue weighted by atomic mass is 35.5. The Morgan fingerprint density at radius 1 is 1.05 bits per heavy atom. The number of carboxylic acid groups (broad SMARTS) is 1. The van der Waals surface area contributed by atoms with Crippen LogP contribution in [0.1, 0.15) is 35.3 Å². The van der Waals surface area contributed by atoms with Crippen LogP contribution in [0.3, 0.4) is 0 Å². The molecule has 0 aliphatic heterocycles. The molecule has 0 spiro atoms. The van der Waals surface area contributed by atoms with E-state index in [1.54, 1.807) is 36.4 Å². The van der Waals surface area contributed by atoms with E-state index >= 15 is 0 Å². The maximum Gasteiger partial charge on any atom is 0.335 e. The Kier molecular flexibility index (Phi) is 4.02. The summed E-state index contributed by atoms with van der Waals surface area (Å²) in [6.45, 7) is 4.04. The molecule has 3 nitrogen and oxygen atoms in total. The van der Waals surface area contributed by atoms with Crippen molar-refractivity contribution < 1.29 is 9.90 Å². The lowest BCUT2D eigenvalue weighted by molar-refractivity contribution is 0.0697. The van der Waals surface area contributed by atoms with Gasteiger partial charge in [-0.05, 0) is 35.4 Å². The molecule has 0 saturated carbocycles. The number of aromatic nitrogens is 1. The summed E-state index contributed by atoms with van der Waals surface area (Å²) in [6, 6.07) is 10.3. The number of benzene rings is 1. The number of nitrogens with zero attached hydrogens (tertiary/aromatic N) is 1. The molecule has 0 amide bonds. The zero-order chi connectivity index (χ0) is 14.9. The Labute approximate surface area is 127 Å². The molecule has 0 aliphatic rings. The van der Waals surface area contributed by atoms with Gasteiger partial charge in [0.1, 0.15) is 10.3 Å². The molecule has 0 aliphatic carbocycles. The van der Waals surface area contributed by atoms with Crippen molar-refractivity contribution >= 4 is 29.2 Å². The minimum Gasteiger partial charge on any atom is -0.478 e. The monoisotopic (exact) mass is 309 g/mol. The Morgan fingerprint density at radius 2 is 1.55 bits per heavy atom. The lowest BCUT2D eigenvalue weighted by atomic mass is 9.78. The van der Waals surface area contributed by atoms with Gasteiger partial charge in [-0.1, -0.05) is 49.2 Å². The van der Waals surface area contributed by atoms with Crippen LogP contribution < -0.4 is 0 Å². The highest BCUT2D eigenvalue weighted by Gasteiger charge is 2.24. The van der Waals surface area contributed by atoms with Crippen molar-refractivity contribution in [1.82, 2.24) is 4.98 Å². The molecule has 104 valence electrons. The normalized spacial score (nSPS) is 11.4. The first-order valence-corrected chi connectivity index (χ1v) is 6.73. The first-order chi connectivity index (χ1) is 9.30. The Morgan fingerprint density at radius 3 is 2.00 bits per heavy atom. The number of pyridine rings is 1. The molecular weight excluding hydrogens is 297 g/mol. The van der Waals surface area contributed by atoms with Crippen LogP contribution in [0.2, 0.25) is 10.3 Å². The molecule has 1 heterocycles. The Bertz CT molecular complexity index is 631. The molecule has 2 rings (SSSR count). The smallest absolute Gasteiger partial charge is 0.335 e. The predicted molar refractivity (Wildman–Crippen MR) is 79.8 cm³/mol. The average molecular weight is 310 g/mol. The second kappa shape index (κ2) is 5.43. The van der Waals surface area contributed by atoms with Crippen LogP contribution in [-0.2, 0) is 5.41 Å². The summed E-state index contributed by atoms with van der Waals surface area (Å²) < 4.78 is 0. The number of hydrogen-bond acceptors (Lipinski definition) is 2. The third-order valence-corrected chi connectivity index (χ3v) is 3.73. The lowest BCUT2D eigenvalue weighted by Gasteiger charge is -2.26. The summed E-state index contributed by atoms with van der Waals surface area (Å²) in [5.74, 6) is -0.940. The van der Waals surface area contributed by atoms with Crippen LogP contribution >= 0.6 is 23.2 Å². The van der Waals surface area contributed by atoms with E-state index < -0.39 is 5.97 Å². The fraction of sp³-hybridized carbons (Fsp3) is 0.200. The van der Waals surface area contributed by atoms with Crippen molar-refractivity contribution in [1.29, 1.82) is 0 Å². The van der Waals surface area contributed by atoms with Crippen molar-refractivity contribution in [3.63, 3.8) is 0 Å². The van der Waals surface area contributed by atoms with Crippen molar-refractivity contribution in [2.45, 2.75) is 19.3 Å². The van der Waals surface area contributed by atoms with E-state index in [2.05, 4.69) is 4.98 Å².